The number of alkyl halides is 3. The molecule has 0 spiro atoms. The zero-order valence-corrected chi connectivity index (χ0v) is 9.14. The van der Waals surface area contributed by atoms with Crippen LogP contribution >= 0.6 is 0 Å². The summed E-state index contributed by atoms with van der Waals surface area (Å²) in [7, 11) is 0. The van der Waals surface area contributed by atoms with Crippen LogP contribution in [0.15, 0.2) is 36.1 Å². The van der Waals surface area contributed by atoms with Gasteiger partial charge in [-0.25, -0.2) is 9.59 Å². The Labute approximate surface area is 104 Å². The molecule has 0 radical (unpaired) electrons. The van der Waals surface area contributed by atoms with Crippen LogP contribution < -0.4 is 4.74 Å². The average Bonchev–Trinajstić information content (AvgIpc) is 2.27. The quantitative estimate of drug-likeness (QED) is 0.650. The van der Waals surface area contributed by atoms with Gasteiger partial charge in [-0.05, 0) is 24.3 Å². The topological polar surface area (TPSA) is 83.8 Å². The van der Waals surface area contributed by atoms with Gasteiger partial charge in [-0.15, -0.1) is 0 Å². The molecule has 0 fully saturated rings. The Morgan fingerprint density at radius 2 is 1.63 bits per heavy atom. The van der Waals surface area contributed by atoms with Gasteiger partial charge in [-0.3, -0.25) is 0 Å². The number of carbonyl (C=O) groups is 2. The van der Waals surface area contributed by atoms with Gasteiger partial charge in [0.1, 0.15) is 5.75 Å². The Balaban J connectivity index is 2.94. The highest BCUT2D eigenvalue weighted by Crippen LogP contribution is 2.30. The van der Waals surface area contributed by atoms with Crippen LogP contribution in [0.2, 0.25) is 0 Å². The molecule has 0 aliphatic rings. The molecule has 19 heavy (non-hydrogen) atoms. The predicted molar refractivity (Wildman–Crippen MR) is 55.4 cm³/mol. The van der Waals surface area contributed by atoms with Gasteiger partial charge in [0.05, 0.1) is 11.6 Å². The van der Waals surface area contributed by atoms with Crippen molar-refractivity contribution in [2.24, 2.45) is 0 Å². The van der Waals surface area contributed by atoms with Crippen LogP contribution in [0.25, 0.3) is 0 Å². The highest BCUT2D eigenvalue weighted by molar-refractivity contribution is 5.93. The van der Waals surface area contributed by atoms with Crippen molar-refractivity contribution in [1.82, 2.24) is 0 Å². The van der Waals surface area contributed by atoms with Crippen LogP contribution in [0.4, 0.5) is 13.2 Å². The molecule has 0 aromatic heterocycles. The molecule has 0 aliphatic carbocycles. The molecule has 0 saturated heterocycles. The summed E-state index contributed by atoms with van der Waals surface area (Å²) in [5.41, 5.74) is -0.932. The molecule has 0 saturated carbocycles. The molecule has 0 amide bonds. The van der Waals surface area contributed by atoms with E-state index in [9.17, 15) is 22.8 Å². The van der Waals surface area contributed by atoms with Gasteiger partial charge in [-0.2, -0.15) is 13.2 Å². The molecule has 2 N–H and O–H groups in total. The van der Waals surface area contributed by atoms with E-state index in [0.29, 0.717) is 18.2 Å². The van der Waals surface area contributed by atoms with Crippen LogP contribution in [0.3, 0.4) is 0 Å². The lowest BCUT2D eigenvalue weighted by molar-refractivity contribution is -0.138. The van der Waals surface area contributed by atoms with Gasteiger partial charge in [0.2, 0.25) is 5.76 Å². The maximum atomic E-state index is 12.3. The third-order valence-electron chi connectivity index (χ3n) is 1.87. The lowest BCUT2D eigenvalue weighted by atomic mass is 10.2. The fourth-order valence-electron chi connectivity index (χ4n) is 1.09. The van der Waals surface area contributed by atoms with Gasteiger partial charge in [0.15, 0.2) is 0 Å². The number of rotatable bonds is 4. The van der Waals surface area contributed by atoms with Crippen LogP contribution in [0, 0.1) is 0 Å². The molecule has 1 rings (SSSR count). The predicted octanol–water partition coefficient (Wildman–Crippen LogP) is 2.14. The summed E-state index contributed by atoms with van der Waals surface area (Å²) in [6.45, 7) is 0. The maximum Gasteiger partial charge on any atom is 0.416 e. The van der Waals surface area contributed by atoms with Gasteiger partial charge in [-0.1, -0.05) is 0 Å². The van der Waals surface area contributed by atoms with Crippen molar-refractivity contribution in [3.8, 4) is 5.75 Å². The number of ether oxygens (including phenoxy) is 1. The van der Waals surface area contributed by atoms with E-state index in [0.717, 1.165) is 12.1 Å². The van der Waals surface area contributed by atoms with E-state index in [1.54, 1.807) is 0 Å². The first kappa shape index (κ1) is 14.6. The number of hydrogen-bond donors (Lipinski definition) is 2. The molecule has 5 nitrogen and oxygen atoms in total. The smallest absolute Gasteiger partial charge is 0.416 e. The Kier molecular flexibility index (Phi) is 4.15. The van der Waals surface area contributed by atoms with E-state index in [-0.39, 0.29) is 5.75 Å². The summed E-state index contributed by atoms with van der Waals surface area (Å²) in [5, 5.41) is 17.0. The molecular weight excluding hydrogens is 269 g/mol. The molecule has 0 bridgehead atoms. The molecule has 0 aliphatic heterocycles. The second kappa shape index (κ2) is 5.42. The third-order valence-corrected chi connectivity index (χ3v) is 1.87. The number of hydrogen-bond acceptors (Lipinski definition) is 3. The molecule has 0 heterocycles. The van der Waals surface area contributed by atoms with Crippen molar-refractivity contribution in [2.75, 3.05) is 0 Å². The lowest BCUT2D eigenvalue weighted by Gasteiger charge is -2.08. The first-order valence-corrected chi connectivity index (χ1v) is 4.73. The van der Waals surface area contributed by atoms with Crippen LogP contribution in [0.5, 0.6) is 5.75 Å². The van der Waals surface area contributed by atoms with E-state index in [2.05, 4.69) is 4.74 Å². The summed E-state index contributed by atoms with van der Waals surface area (Å²) >= 11 is 0. The number of carboxylic acid groups (broad SMARTS) is 2. The summed E-state index contributed by atoms with van der Waals surface area (Å²) < 4.78 is 41.4. The molecule has 0 atom stereocenters. The minimum atomic E-state index is -4.52. The number of benzene rings is 1. The highest BCUT2D eigenvalue weighted by Gasteiger charge is 2.30. The molecule has 0 unspecified atom stereocenters. The van der Waals surface area contributed by atoms with Gasteiger partial charge in [0, 0.05) is 0 Å². The first-order valence-electron chi connectivity index (χ1n) is 4.73. The molecule has 1 aromatic carbocycles. The van der Waals surface area contributed by atoms with Crippen LogP contribution in [-0.2, 0) is 15.8 Å². The fourth-order valence-corrected chi connectivity index (χ4v) is 1.09. The van der Waals surface area contributed by atoms with E-state index < -0.39 is 29.4 Å². The lowest BCUT2D eigenvalue weighted by Crippen LogP contribution is -2.10. The van der Waals surface area contributed by atoms with Crippen molar-refractivity contribution in [3.05, 3.63) is 41.7 Å². The maximum absolute atomic E-state index is 12.3. The second-order valence-electron chi connectivity index (χ2n) is 3.28. The average molecular weight is 276 g/mol. The minimum Gasteiger partial charge on any atom is -0.478 e. The third kappa shape index (κ3) is 4.34. The van der Waals surface area contributed by atoms with Crippen molar-refractivity contribution < 1.29 is 37.7 Å². The van der Waals surface area contributed by atoms with E-state index in [4.69, 9.17) is 10.2 Å². The van der Waals surface area contributed by atoms with Crippen molar-refractivity contribution in [3.63, 3.8) is 0 Å². The fraction of sp³-hybridized carbons (Fsp3) is 0.0909. The van der Waals surface area contributed by atoms with E-state index in [1.807, 2.05) is 0 Å². The summed E-state index contributed by atoms with van der Waals surface area (Å²) in [6, 6.07) is 3.16. The number of carboxylic acids is 2. The zero-order chi connectivity index (χ0) is 14.6. The van der Waals surface area contributed by atoms with Crippen molar-refractivity contribution in [1.29, 1.82) is 0 Å². The largest absolute Gasteiger partial charge is 0.478 e. The van der Waals surface area contributed by atoms with E-state index >= 15 is 0 Å². The summed E-state index contributed by atoms with van der Waals surface area (Å²) in [5.74, 6) is -4.33. The Morgan fingerprint density at radius 1 is 1.11 bits per heavy atom. The van der Waals surface area contributed by atoms with Crippen molar-refractivity contribution >= 4 is 11.9 Å². The second-order valence-corrected chi connectivity index (χ2v) is 3.28. The monoisotopic (exact) mass is 276 g/mol. The Bertz CT molecular complexity index is 516. The molecule has 102 valence electrons. The van der Waals surface area contributed by atoms with Gasteiger partial charge in [0.25, 0.3) is 0 Å². The van der Waals surface area contributed by atoms with Crippen molar-refractivity contribution in [2.45, 2.75) is 6.18 Å². The van der Waals surface area contributed by atoms with Gasteiger partial charge >= 0.3 is 18.1 Å². The van der Waals surface area contributed by atoms with Gasteiger partial charge < -0.3 is 14.9 Å². The molecular formula is C11H7F3O5. The van der Waals surface area contributed by atoms with Crippen LogP contribution in [-0.4, -0.2) is 22.2 Å². The highest BCUT2D eigenvalue weighted by atomic mass is 19.4. The summed E-state index contributed by atoms with van der Waals surface area (Å²) in [6.07, 6.45) is -4.23. The Morgan fingerprint density at radius 3 is 2.00 bits per heavy atom. The first-order chi connectivity index (χ1) is 8.70. The zero-order valence-electron chi connectivity index (χ0n) is 9.14. The molecule has 8 heteroatoms. The minimum absolute atomic E-state index is 0.220. The Hall–Kier alpha value is -2.51. The van der Waals surface area contributed by atoms with E-state index in [1.165, 1.54) is 0 Å². The molecule has 1 aromatic rings. The van der Waals surface area contributed by atoms with Crippen LogP contribution in [0.1, 0.15) is 5.56 Å². The number of halogens is 3. The SMILES string of the molecule is O=C(O)C=C(Oc1ccc(C(F)(F)F)cc1)C(=O)O. The normalized spacial score (nSPS) is 12.1. The number of aliphatic carboxylic acids is 2. The standard InChI is InChI=1S/C11H7F3O5/c12-11(13,14)6-1-3-7(4-2-6)19-8(10(17)18)5-9(15)16/h1-5H,(H,15,16)(H,17,18). The summed E-state index contributed by atoms with van der Waals surface area (Å²) in [4.78, 5) is 21.0.